The van der Waals surface area contributed by atoms with Gasteiger partial charge in [0.1, 0.15) is 0 Å². The van der Waals surface area contributed by atoms with E-state index in [9.17, 15) is 4.79 Å². The Morgan fingerprint density at radius 1 is 1.06 bits per heavy atom. The summed E-state index contributed by atoms with van der Waals surface area (Å²) in [6.45, 7) is 0. The van der Waals surface area contributed by atoms with Gasteiger partial charge in [0.05, 0.1) is 15.6 Å². The summed E-state index contributed by atoms with van der Waals surface area (Å²) in [6, 6.07) is 11.5. The Kier molecular flexibility index (Phi) is 3.75. The lowest BCUT2D eigenvalue weighted by atomic mass is 10.2. The van der Waals surface area contributed by atoms with Crippen molar-refractivity contribution >= 4 is 34.9 Å². The molecule has 18 heavy (non-hydrogen) atoms. The molecule has 3 nitrogen and oxygen atoms in total. The Morgan fingerprint density at radius 2 is 1.61 bits per heavy atom. The molecule has 0 fully saturated rings. The van der Waals surface area contributed by atoms with Gasteiger partial charge in [0.15, 0.2) is 5.75 Å². The quantitative estimate of drug-likeness (QED) is 0.518. The van der Waals surface area contributed by atoms with Gasteiger partial charge >= 0.3 is 5.97 Å². The number of hydrogen-bond donors (Lipinski definition) is 1. The molecule has 2 rings (SSSR count). The predicted octanol–water partition coefficient (Wildman–Crippen LogP) is 3.79. The van der Waals surface area contributed by atoms with E-state index in [-0.39, 0.29) is 15.8 Å². The summed E-state index contributed by atoms with van der Waals surface area (Å²) in [7, 11) is 0. The lowest BCUT2D eigenvalue weighted by Gasteiger charge is -2.08. The largest absolute Gasteiger partial charge is 0.420 e. The van der Waals surface area contributed by atoms with Crippen molar-refractivity contribution in [3.63, 3.8) is 0 Å². The molecule has 0 saturated carbocycles. The Balaban J connectivity index is 2.28. The van der Waals surface area contributed by atoms with Crippen LogP contribution in [-0.2, 0) is 0 Å². The summed E-state index contributed by atoms with van der Waals surface area (Å²) in [5.74, 6) is -0.412. The summed E-state index contributed by atoms with van der Waals surface area (Å²) in [5, 5.41) is 0.397. The third-order valence-corrected chi connectivity index (χ3v) is 2.79. The molecule has 0 aliphatic heterocycles. The number of esters is 1. The van der Waals surface area contributed by atoms with Crippen LogP contribution in [0.1, 0.15) is 10.4 Å². The van der Waals surface area contributed by atoms with E-state index in [0.29, 0.717) is 11.3 Å². The minimum atomic E-state index is -0.524. The Morgan fingerprint density at radius 3 is 2.17 bits per heavy atom. The zero-order valence-electron chi connectivity index (χ0n) is 9.19. The maximum absolute atomic E-state index is 11.8. The second-order valence-corrected chi connectivity index (χ2v) is 4.38. The molecule has 2 aromatic carbocycles. The maximum atomic E-state index is 11.8. The summed E-state index contributed by atoms with van der Waals surface area (Å²) >= 11 is 11.8. The number of halogens is 2. The molecule has 0 aliphatic rings. The van der Waals surface area contributed by atoms with Crippen molar-refractivity contribution in [1.29, 1.82) is 0 Å². The van der Waals surface area contributed by atoms with Crippen LogP contribution in [0.4, 0.5) is 5.69 Å². The number of carbonyl (C=O) groups is 1. The highest BCUT2D eigenvalue weighted by atomic mass is 35.5. The normalized spacial score (nSPS) is 10.1. The number of rotatable bonds is 2. The maximum Gasteiger partial charge on any atom is 0.343 e. The van der Waals surface area contributed by atoms with Crippen molar-refractivity contribution in [2.75, 3.05) is 5.73 Å². The number of anilines is 1. The van der Waals surface area contributed by atoms with Crippen molar-refractivity contribution in [3.8, 4) is 5.75 Å². The van der Waals surface area contributed by atoms with Gasteiger partial charge in [-0.15, -0.1) is 0 Å². The molecular formula is C13H9Cl2NO2. The molecule has 0 radical (unpaired) electrons. The first kappa shape index (κ1) is 12.7. The van der Waals surface area contributed by atoms with Crippen molar-refractivity contribution in [3.05, 3.63) is 58.1 Å². The smallest absolute Gasteiger partial charge is 0.343 e. The highest BCUT2D eigenvalue weighted by molar-refractivity contribution is 6.37. The van der Waals surface area contributed by atoms with Gasteiger partial charge in [-0.05, 0) is 24.3 Å². The molecule has 2 aromatic rings. The van der Waals surface area contributed by atoms with E-state index in [1.807, 2.05) is 0 Å². The van der Waals surface area contributed by atoms with E-state index >= 15 is 0 Å². The van der Waals surface area contributed by atoms with E-state index < -0.39 is 5.97 Å². The highest BCUT2D eigenvalue weighted by Crippen LogP contribution is 2.35. The molecule has 0 aliphatic carbocycles. The monoisotopic (exact) mass is 281 g/mol. The Labute approximate surface area is 114 Å². The van der Waals surface area contributed by atoms with Crippen molar-refractivity contribution in [2.24, 2.45) is 0 Å². The molecule has 0 spiro atoms. The average molecular weight is 282 g/mol. The van der Waals surface area contributed by atoms with E-state index in [0.717, 1.165) is 0 Å². The molecule has 5 heteroatoms. The van der Waals surface area contributed by atoms with Gasteiger partial charge in [0.25, 0.3) is 0 Å². The van der Waals surface area contributed by atoms with Gasteiger partial charge in [-0.2, -0.15) is 0 Å². The predicted molar refractivity (Wildman–Crippen MR) is 72.3 cm³/mol. The second kappa shape index (κ2) is 5.29. The van der Waals surface area contributed by atoms with E-state index in [1.54, 1.807) is 30.3 Å². The highest BCUT2D eigenvalue weighted by Gasteiger charge is 2.14. The summed E-state index contributed by atoms with van der Waals surface area (Å²) in [6.07, 6.45) is 0. The van der Waals surface area contributed by atoms with Gasteiger partial charge in [-0.3, -0.25) is 0 Å². The van der Waals surface area contributed by atoms with Crippen LogP contribution in [0.3, 0.4) is 0 Å². The van der Waals surface area contributed by atoms with E-state index in [4.69, 9.17) is 33.7 Å². The topological polar surface area (TPSA) is 52.3 Å². The number of carbonyl (C=O) groups excluding carboxylic acids is 1. The van der Waals surface area contributed by atoms with E-state index in [2.05, 4.69) is 0 Å². The minimum absolute atomic E-state index is 0.112. The number of benzene rings is 2. The van der Waals surface area contributed by atoms with Gasteiger partial charge in [0.2, 0.25) is 0 Å². The second-order valence-electron chi connectivity index (χ2n) is 3.57. The van der Waals surface area contributed by atoms with Crippen molar-refractivity contribution in [2.45, 2.75) is 0 Å². The van der Waals surface area contributed by atoms with Gasteiger partial charge < -0.3 is 10.5 Å². The number of nitrogens with two attached hydrogens (primary N) is 1. The first-order valence-corrected chi connectivity index (χ1v) is 5.85. The van der Waals surface area contributed by atoms with Crippen LogP contribution in [0.2, 0.25) is 10.0 Å². The van der Waals surface area contributed by atoms with Crippen molar-refractivity contribution < 1.29 is 9.53 Å². The van der Waals surface area contributed by atoms with Crippen LogP contribution in [0.5, 0.6) is 5.75 Å². The van der Waals surface area contributed by atoms with Crippen LogP contribution in [0.15, 0.2) is 42.5 Å². The molecule has 92 valence electrons. The molecule has 0 heterocycles. The number of nitrogen functional groups attached to an aromatic ring is 1. The van der Waals surface area contributed by atoms with Crippen LogP contribution < -0.4 is 10.5 Å². The van der Waals surface area contributed by atoms with Crippen LogP contribution in [0.25, 0.3) is 0 Å². The Hall–Kier alpha value is -1.71. The lowest BCUT2D eigenvalue weighted by molar-refractivity contribution is 0.0735. The first-order chi connectivity index (χ1) is 8.58. The van der Waals surface area contributed by atoms with Gasteiger partial charge in [0, 0.05) is 5.69 Å². The van der Waals surface area contributed by atoms with E-state index in [1.165, 1.54) is 12.1 Å². The van der Waals surface area contributed by atoms with Gasteiger partial charge in [-0.25, -0.2) is 4.79 Å². The summed E-state index contributed by atoms with van der Waals surface area (Å²) in [5.41, 5.74) is 6.39. The minimum Gasteiger partial charge on any atom is -0.420 e. The third-order valence-electron chi connectivity index (χ3n) is 2.22. The first-order valence-electron chi connectivity index (χ1n) is 5.09. The zero-order chi connectivity index (χ0) is 13.1. The number of hydrogen-bond acceptors (Lipinski definition) is 3. The zero-order valence-corrected chi connectivity index (χ0v) is 10.7. The molecule has 0 unspecified atom stereocenters. The number of ether oxygens (including phenoxy) is 1. The lowest BCUT2D eigenvalue weighted by Crippen LogP contribution is -2.09. The molecule has 0 saturated heterocycles. The SMILES string of the molecule is Nc1cc(Cl)c(OC(=O)c2ccccc2)c(Cl)c1. The fraction of sp³-hybridized carbons (Fsp3) is 0. The molecule has 2 N–H and O–H groups in total. The van der Waals surface area contributed by atoms with Crippen LogP contribution in [0, 0.1) is 0 Å². The van der Waals surface area contributed by atoms with Gasteiger partial charge in [-0.1, -0.05) is 41.4 Å². The van der Waals surface area contributed by atoms with Crippen molar-refractivity contribution in [1.82, 2.24) is 0 Å². The molecular weight excluding hydrogens is 273 g/mol. The fourth-order valence-electron chi connectivity index (χ4n) is 1.40. The average Bonchev–Trinajstić information content (AvgIpc) is 2.34. The standard InChI is InChI=1S/C13H9Cl2NO2/c14-10-6-9(16)7-11(15)12(10)18-13(17)8-4-2-1-3-5-8/h1-7H,16H2. The molecule has 0 bridgehead atoms. The summed E-state index contributed by atoms with van der Waals surface area (Å²) in [4.78, 5) is 11.8. The van der Waals surface area contributed by atoms with Crippen LogP contribution >= 0.6 is 23.2 Å². The molecule has 0 aromatic heterocycles. The Bertz CT molecular complexity index is 562. The van der Waals surface area contributed by atoms with Crippen LogP contribution in [-0.4, -0.2) is 5.97 Å². The fourth-order valence-corrected chi connectivity index (χ4v) is 1.98. The third kappa shape index (κ3) is 2.75. The molecule has 0 amide bonds. The molecule has 0 atom stereocenters. The summed E-state index contributed by atoms with van der Waals surface area (Å²) < 4.78 is 5.16.